The first-order valence-electron chi connectivity index (χ1n) is 8.29. The smallest absolute Gasteiger partial charge is 0.246 e. The van der Waals surface area contributed by atoms with Crippen LogP contribution in [-0.2, 0) is 22.6 Å². The lowest BCUT2D eigenvalue weighted by atomic mass is 10.1. The molecule has 1 aliphatic rings. The standard InChI is InChI=1S/C17H22N4O2S/c1-2-4-16(22)20-11-13-6-9-19-21(13)15(12-20)17(23)18-8-7-14-5-3-10-24-14/h3,5-6,9-10,15H,2,4,7-8,11-12H2,1H3,(H,18,23). The van der Waals surface area contributed by atoms with Crippen molar-refractivity contribution in [2.24, 2.45) is 0 Å². The molecule has 0 spiro atoms. The van der Waals surface area contributed by atoms with Gasteiger partial charge in [-0.05, 0) is 30.4 Å². The van der Waals surface area contributed by atoms with Crippen LogP contribution in [0.15, 0.2) is 29.8 Å². The van der Waals surface area contributed by atoms with E-state index in [0.29, 0.717) is 26.1 Å². The number of nitrogens with one attached hydrogen (secondary N) is 1. The minimum atomic E-state index is -0.451. The number of aromatic nitrogens is 2. The second-order valence-electron chi connectivity index (χ2n) is 5.93. The Balaban J connectivity index is 1.64. The average Bonchev–Trinajstić information content (AvgIpc) is 3.25. The predicted molar refractivity (Wildman–Crippen MR) is 92.6 cm³/mol. The lowest BCUT2D eigenvalue weighted by Crippen LogP contribution is -2.47. The summed E-state index contributed by atoms with van der Waals surface area (Å²) in [6, 6.07) is 5.50. The molecule has 1 unspecified atom stereocenters. The third-order valence-electron chi connectivity index (χ3n) is 4.16. The SMILES string of the molecule is CCCC(=O)N1Cc2ccnn2C(C(=O)NCCc2cccs2)C1. The number of carbonyl (C=O) groups excluding carboxylic acids is 2. The van der Waals surface area contributed by atoms with Crippen molar-refractivity contribution in [1.29, 1.82) is 0 Å². The Morgan fingerprint density at radius 2 is 2.29 bits per heavy atom. The van der Waals surface area contributed by atoms with Crippen LogP contribution >= 0.6 is 11.3 Å². The van der Waals surface area contributed by atoms with E-state index in [1.54, 1.807) is 27.1 Å². The fraction of sp³-hybridized carbons (Fsp3) is 0.471. The number of hydrogen-bond donors (Lipinski definition) is 1. The van der Waals surface area contributed by atoms with Gasteiger partial charge in [-0.25, -0.2) is 0 Å². The zero-order valence-electron chi connectivity index (χ0n) is 13.8. The van der Waals surface area contributed by atoms with Crippen molar-refractivity contribution in [2.75, 3.05) is 13.1 Å². The van der Waals surface area contributed by atoms with Crippen molar-refractivity contribution in [3.05, 3.63) is 40.3 Å². The third kappa shape index (κ3) is 3.67. The highest BCUT2D eigenvalue weighted by molar-refractivity contribution is 7.09. The van der Waals surface area contributed by atoms with Gasteiger partial charge in [0.1, 0.15) is 6.04 Å². The largest absolute Gasteiger partial charge is 0.354 e. The summed E-state index contributed by atoms with van der Waals surface area (Å²) in [4.78, 5) is 27.9. The van der Waals surface area contributed by atoms with Crippen molar-refractivity contribution in [3.63, 3.8) is 0 Å². The van der Waals surface area contributed by atoms with Crippen molar-refractivity contribution in [2.45, 2.75) is 38.8 Å². The van der Waals surface area contributed by atoms with Gasteiger partial charge in [0.15, 0.2) is 0 Å². The molecule has 2 aromatic rings. The van der Waals surface area contributed by atoms with E-state index in [1.165, 1.54) is 4.88 Å². The van der Waals surface area contributed by atoms with Crippen LogP contribution in [0.4, 0.5) is 0 Å². The molecule has 0 saturated carbocycles. The first kappa shape index (κ1) is 16.7. The molecule has 0 bridgehead atoms. The molecule has 7 heteroatoms. The predicted octanol–water partition coefficient (Wildman–Crippen LogP) is 1.99. The Labute approximate surface area is 145 Å². The summed E-state index contributed by atoms with van der Waals surface area (Å²) < 4.78 is 1.75. The fourth-order valence-corrected chi connectivity index (χ4v) is 3.64. The maximum Gasteiger partial charge on any atom is 0.246 e. The van der Waals surface area contributed by atoms with Gasteiger partial charge in [-0.2, -0.15) is 5.10 Å². The highest BCUT2D eigenvalue weighted by Crippen LogP contribution is 2.21. The van der Waals surface area contributed by atoms with E-state index >= 15 is 0 Å². The Kier molecular flexibility index (Phi) is 5.30. The Morgan fingerprint density at radius 3 is 3.04 bits per heavy atom. The fourth-order valence-electron chi connectivity index (χ4n) is 2.93. The first-order valence-corrected chi connectivity index (χ1v) is 9.17. The van der Waals surface area contributed by atoms with Crippen molar-refractivity contribution in [1.82, 2.24) is 20.0 Å². The van der Waals surface area contributed by atoms with Crippen molar-refractivity contribution < 1.29 is 9.59 Å². The molecule has 0 radical (unpaired) electrons. The maximum atomic E-state index is 12.6. The third-order valence-corrected chi connectivity index (χ3v) is 5.10. The molecule has 128 valence electrons. The Hall–Kier alpha value is -2.15. The molecular weight excluding hydrogens is 324 g/mol. The zero-order valence-corrected chi connectivity index (χ0v) is 14.6. The van der Waals surface area contributed by atoms with Gasteiger partial charge in [0, 0.05) is 24.0 Å². The van der Waals surface area contributed by atoms with Crippen LogP contribution in [0.5, 0.6) is 0 Å². The number of carbonyl (C=O) groups is 2. The number of hydrogen-bond acceptors (Lipinski definition) is 4. The van der Waals surface area contributed by atoms with Crippen LogP contribution in [0.25, 0.3) is 0 Å². The van der Waals surface area contributed by atoms with Crippen LogP contribution in [0.1, 0.15) is 36.4 Å². The molecule has 1 N–H and O–H groups in total. The minimum absolute atomic E-state index is 0.0782. The molecule has 0 aromatic carbocycles. The Bertz CT molecular complexity index is 695. The highest BCUT2D eigenvalue weighted by Gasteiger charge is 2.32. The summed E-state index contributed by atoms with van der Waals surface area (Å²) in [5.74, 6) is 0.0202. The second-order valence-corrected chi connectivity index (χ2v) is 6.96. The van der Waals surface area contributed by atoms with Gasteiger partial charge in [0.25, 0.3) is 0 Å². The van der Waals surface area contributed by atoms with E-state index in [9.17, 15) is 9.59 Å². The molecule has 2 amide bonds. The van der Waals surface area contributed by atoms with Crippen LogP contribution in [0.3, 0.4) is 0 Å². The van der Waals surface area contributed by atoms with E-state index in [-0.39, 0.29) is 11.8 Å². The average molecular weight is 346 g/mol. The lowest BCUT2D eigenvalue weighted by molar-refractivity contribution is -0.135. The lowest BCUT2D eigenvalue weighted by Gasteiger charge is -2.33. The van der Waals surface area contributed by atoms with Crippen LogP contribution < -0.4 is 5.32 Å². The number of amides is 2. The highest BCUT2D eigenvalue weighted by atomic mass is 32.1. The van der Waals surface area contributed by atoms with E-state index in [4.69, 9.17) is 0 Å². The molecule has 1 aliphatic heterocycles. The number of thiophene rings is 1. The van der Waals surface area contributed by atoms with Gasteiger partial charge in [-0.1, -0.05) is 13.0 Å². The summed E-state index contributed by atoms with van der Waals surface area (Å²) in [6.45, 7) is 3.49. The first-order chi connectivity index (χ1) is 11.7. The molecule has 0 fully saturated rings. The van der Waals surface area contributed by atoms with Crippen molar-refractivity contribution in [3.8, 4) is 0 Å². The summed E-state index contributed by atoms with van der Waals surface area (Å²) >= 11 is 1.69. The van der Waals surface area contributed by atoms with Crippen LogP contribution in [0, 0.1) is 0 Å². The number of nitrogens with zero attached hydrogens (tertiary/aromatic N) is 3. The molecule has 6 nitrogen and oxygen atoms in total. The zero-order chi connectivity index (χ0) is 16.9. The molecule has 3 rings (SSSR count). The molecule has 1 atom stereocenters. The van der Waals surface area contributed by atoms with Gasteiger partial charge >= 0.3 is 0 Å². The van der Waals surface area contributed by atoms with Gasteiger partial charge in [0.05, 0.1) is 18.8 Å². The van der Waals surface area contributed by atoms with E-state index in [1.807, 2.05) is 24.4 Å². The quantitative estimate of drug-likeness (QED) is 0.870. The molecular formula is C17H22N4O2S. The number of rotatable bonds is 6. The second kappa shape index (κ2) is 7.61. The molecule has 3 heterocycles. The number of fused-ring (bicyclic) bond motifs is 1. The van der Waals surface area contributed by atoms with Gasteiger partial charge in [0.2, 0.25) is 11.8 Å². The monoisotopic (exact) mass is 346 g/mol. The summed E-state index contributed by atoms with van der Waals surface area (Å²) in [7, 11) is 0. The van der Waals surface area contributed by atoms with E-state index in [2.05, 4.69) is 16.5 Å². The summed E-state index contributed by atoms with van der Waals surface area (Å²) in [5.41, 5.74) is 0.907. The van der Waals surface area contributed by atoms with Gasteiger partial charge in [-0.15, -0.1) is 11.3 Å². The summed E-state index contributed by atoms with van der Waals surface area (Å²) in [5, 5.41) is 9.29. The minimum Gasteiger partial charge on any atom is -0.354 e. The maximum absolute atomic E-state index is 12.6. The van der Waals surface area contributed by atoms with E-state index < -0.39 is 6.04 Å². The van der Waals surface area contributed by atoms with Crippen LogP contribution in [0.2, 0.25) is 0 Å². The molecule has 2 aromatic heterocycles. The summed E-state index contributed by atoms with van der Waals surface area (Å²) in [6.07, 6.45) is 3.84. The molecule has 24 heavy (non-hydrogen) atoms. The topological polar surface area (TPSA) is 67.2 Å². The van der Waals surface area contributed by atoms with Crippen LogP contribution in [-0.4, -0.2) is 39.6 Å². The Morgan fingerprint density at radius 1 is 1.42 bits per heavy atom. The van der Waals surface area contributed by atoms with E-state index in [0.717, 1.165) is 18.5 Å². The van der Waals surface area contributed by atoms with Gasteiger partial charge in [-0.3, -0.25) is 14.3 Å². The van der Waals surface area contributed by atoms with Crippen molar-refractivity contribution >= 4 is 23.2 Å². The molecule has 0 saturated heterocycles. The molecule has 0 aliphatic carbocycles. The normalized spacial score (nSPS) is 16.7. The van der Waals surface area contributed by atoms with Gasteiger partial charge < -0.3 is 10.2 Å².